The molecule has 2 aromatic carbocycles. The Hall–Kier alpha value is -2.86. The van der Waals surface area contributed by atoms with Gasteiger partial charge in [-0.25, -0.2) is 0 Å². The molecule has 2 heterocycles. The van der Waals surface area contributed by atoms with Crippen LogP contribution in [0.25, 0.3) is 11.5 Å². The lowest BCUT2D eigenvalue weighted by Gasteiger charge is -2.16. The highest BCUT2D eigenvalue weighted by molar-refractivity contribution is 6.30. The van der Waals surface area contributed by atoms with E-state index in [2.05, 4.69) is 10.1 Å². The van der Waals surface area contributed by atoms with Crippen molar-refractivity contribution in [1.82, 2.24) is 15.0 Å². The lowest BCUT2D eigenvalue weighted by Crippen LogP contribution is -2.24. The summed E-state index contributed by atoms with van der Waals surface area (Å²) in [7, 11) is 3.97. The van der Waals surface area contributed by atoms with Crippen molar-refractivity contribution in [2.75, 3.05) is 25.5 Å². The molecule has 144 valence electrons. The van der Waals surface area contributed by atoms with Crippen LogP contribution in [0.5, 0.6) is 0 Å². The monoisotopic (exact) mass is 396 g/mol. The zero-order chi connectivity index (χ0) is 19.7. The first-order valence-corrected chi connectivity index (χ1v) is 9.51. The van der Waals surface area contributed by atoms with Gasteiger partial charge >= 0.3 is 0 Å². The average molecular weight is 397 g/mol. The van der Waals surface area contributed by atoms with Crippen LogP contribution in [0.15, 0.2) is 53.1 Å². The minimum Gasteiger partial charge on any atom is -0.378 e. The van der Waals surface area contributed by atoms with Crippen molar-refractivity contribution in [2.45, 2.75) is 18.9 Å². The third-order valence-electron chi connectivity index (χ3n) is 4.92. The maximum Gasteiger partial charge on any atom is 0.258 e. The maximum absolute atomic E-state index is 12.4. The number of amides is 1. The molecule has 0 N–H and O–H groups in total. The van der Waals surface area contributed by atoms with E-state index >= 15 is 0 Å². The molecule has 0 spiro atoms. The number of halogens is 1. The van der Waals surface area contributed by atoms with Gasteiger partial charge in [0.05, 0.1) is 0 Å². The molecular formula is C21H21ClN4O2. The van der Waals surface area contributed by atoms with E-state index in [-0.39, 0.29) is 11.8 Å². The summed E-state index contributed by atoms with van der Waals surface area (Å²) in [6.07, 6.45) is 0.393. The molecule has 1 atom stereocenters. The number of carbonyl (C=O) groups excluding carboxylic acids is 1. The Labute approximate surface area is 168 Å². The van der Waals surface area contributed by atoms with Crippen LogP contribution in [0.3, 0.4) is 0 Å². The third-order valence-corrected chi connectivity index (χ3v) is 5.17. The number of benzene rings is 2. The molecule has 1 fully saturated rings. The fourth-order valence-corrected chi connectivity index (χ4v) is 3.47. The molecule has 0 aliphatic carbocycles. The number of carbonyl (C=O) groups is 1. The summed E-state index contributed by atoms with van der Waals surface area (Å²) in [6.45, 7) is 1.14. The standard InChI is InChI=1S/C21H21ClN4O2/c1-25(2)18-5-3-4-15(10-18)21-23-20(24-28-21)16-11-19(27)26(13-16)12-14-6-8-17(22)9-7-14/h3-10,16H,11-13H2,1-2H3. The van der Waals surface area contributed by atoms with E-state index in [1.165, 1.54) is 0 Å². The molecular weight excluding hydrogens is 376 g/mol. The first kappa shape index (κ1) is 18.5. The second-order valence-corrected chi connectivity index (χ2v) is 7.64. The number of aromatic nitrogens is 2. The van der Waals surface area contributed by atoms with Crippen LogP contribution in [0.2, 0.25) is 5.02 Å². The molecule has 0 saturated carbocycles. The van der Waals surface area contributed by atoms with Crippen LogP contribution in [0.4, 0.5) is 5.69 Å². The SMILES string of the molecule is CN(C)c1cccc(-c2nc(C3CC(=O)N(Cc4ccc(Cl)cc4)C3)no2)c1. The Morgan fingerprint density at radius 1 is 1.21 bits per heavy atom. The smallest absolute Gasteiger partial charge is 0.258 e. The molecule has 1 aliphatic heterocycles. The van der Waals surface area contributed by atoms with Crippen molar-refractivity contribution in [2.24, 2.45) is 0 Å². The molecule has 6 nitrogen and oxygen atoms in total. The molecule has 0 radical (unpaired) electrons. The van der Waals surface area contributed by atoms with Crippen LogP contribution in [0, 0.1) is 0 Å². The molecule has 1 unspecified atom stereocenters. The van der Waals surface area contributed by atoms with Crippen molar-refractivity contribution in [3.8, 4) is 11.5 Å². The minimum atomic E-state index is -0.0608. The van der Waals surface area contributed by atoms with Gasteiger partial charge in [-0.15, -0.1) is 0 Å². The lowest BCUT2D eigenvalue weighted by atomic mass is 10.1. The fourth-order valence-electron chi connectivity index (χ4n) is 3.34. The third kappa shape index (κ3) is 3.87. The summed E-state index contributed by atoms with van der Waals surface area (Å²) in [4.78, 5) is 20.8. The van der Waals surface area contributed by atoms with Gasteiger partial charge < -0.3 is 14.3 Å². The number of likely N-dealkylation sites (tertiary alicyclic amines) is 1. The van der Waals surface area contributed by atoms with Gasteiger partial charge in [0, 0.05) is 55.8 Å². The summed E-state index contributed by atoms with van der Waals surface area (Å²) < 4.78 is 5.48. The van der Waals surface area contributed by atoms with Crippen molar-refractivity contribution >= 4 is 23.2 Å². The van der Waals surface area contributed by atoms with Gasteiger partial charge in [0.2, 0.25) is 5.91 Å². The second-order valence-electron chi connectivity index (χ2n) is 7.20. The Morgan fingerprint density at radius 3 is 2.75 bits per heavy atom. The topological polar surface area (TPSA) is 62.5 Å². The van der Waals surface area contributed by atoms with Gasteiger partial charge in [-0.2, -0.15) is 4.98 Å². The summed E-state index contributed by atoms with van der Waals surface area (Å²) >= 11 is 5.93. The molecule has 4 rings (SSSR count). The molecule has 28 heavy (non-hydrogen) atoms. The van der Waals surface area contributed by atoms with Crippen molar-refractivity contribution < 1.29 is 9.32 Å². The zero-order valence-electron chi connectivity index (χ0n) is 15.8. The summed E-state index contributed by atoms with van der Waals surface area (Å²) in [5.41, 5.74) is 2.97. The number of nitrogens with zero attached hydrogens (tertiary/aromatic N) is 4. The predicted octanol–water partition coefficient (Wildman–Crippen LogP) is 3.97. The van der Waals surface area contributed by atoms with Crippen molar-refractivity contribution in [3.05, 3.63) is 64.9 Å². The van der Waals surface area contributed by atoms with E-state index < -0.39 is 0 Å². The molecule has 7 heteroatoms. The van der Waals surface area contributed by atoms with Gasteiger partial charge in [-0.3, -0.25) is 4.79 Å². The van der Waals surface area contributed by atoms with E-state index in [1.807, 2.05) is 72.4 Å². The van der Waals surface area contributed by atoms with Crippen LogP contribution < -0.4 is 4.90 Å². The normalized spacial score (nSPS) is 16.6. The summed E-state index contributed by atoms with van der Waals surface area (Å²) in [5.74, 6) is 1.09. The van der Waals surface area contributed by atoms with Gasteiger partial charge in [-0.1, -0.05) is 35.0 Å². The predicted molar refractivity (Wildman–Crippen MR) is 108 cm³/mol. The van der Waals surface area contributed by atoms with E-state index in [0.29, 0.717) is 36.2 Å². The zero-order valence-corrected chi connectivity index (χ0v) is 16.6. The molecule has 1 aromatic heterocycles. The highest BCUT2D eigenvalue weighted by atomic mass is 35.5. The van der Waals surface area contributed by atoms with E-state index in [9.17, 15) is 4.79 Å². The molecule has 1 amide bonds. The van der Waals surface area contributed by atoms with E-state index in [1.54, 1.807) is 0 Å². The summed E-state index contributed by atoms with van der Waals surface area (Å²) in [5, 5.41) is 4.83. The van der Waals surface area contributed by atoms with Crippen molar-refractivity contribution in [3.63, 3.8) is 0 Å². The van der Waals surface area contributed by atoms with Crippen LogP contribution >= 0.6 is 11.6 Å². The van der Waals surface area contributed by atoms with Gasteiger partial charge in [-0.05, 0) is 35.9 Å². The number of hydrogen-bond acceptors (Lipinski definition) is 5. The summed E-state index contributed by atoms with van der Waals surface area (Å²) in [6, 6.07) is 15.5. The number of anilines is 1. The second kappa shape index (κ2) is 7.64. The van der Waals surface area contributed by atoms with Crippen molar-refractivity contribution in [1.29, 1.82) is 0 Å². The Bertz CT molecular complexity index is 984. The average Bonchev–Trinajstić information content (AvgIpc) is 3.31. The van der Waals surface area contributed by atoms with E-state index in [4.69, 9.17) is 16.1 Å². The van der Waals surface area contributed by atoms with E-state index in [0.717, 1.165) is 16.8 Å². The molecule has 0 bridgehead atoms. The van der Waals surface area contributed by atoms with Crippen LogP contribution in [-0.2, 0) is 11.3 Å². The van der Waals surface area contributed by atoms with Gasteiger partial charge in [0.25, 0.3) is 5.89 Å². The lowest BCUT2D eigenvalue weighted by molar-refractivity contribution is -0.128. The molecule has 1 saturated heterocycles. The first-order valence-electron chi connectivity index (χ1n) is 9.13. The van der Waals surface area contributed by atoms with Gasteiger partial charge in [0.15, 0.2) is 5.82 Å². The minimum absolute atomic E-state index is 0.0608. The number of hydrogen-bond donors (Lipinski definition) is 0. The highest BCUT2D eigenvalue weighted by Gasteiger charge is 2.33. The fraction of sp³-hybridized carbons (Fsp3) is 0.286. The van der Waals surface area contributed by atoms with Gasteiger partial charge in [0.1, 0.15) is 0 Å². The maximum atomic E-state index is 12.4. The highest BCUT2D eigenvalue weighted by Crippen LogP contribution is 2.30. The van der Waals surface area contributed by atoms with Crippen LogP contribution in [-0.4, -0.2) is 41.6 Å². The Morgan fingerprint density at radius 2 is 2.00 bits per heavy atom. The molecule has 1 aliphatic rings. The van der Waals surface area contributed by atoms with Crippen LogP contribution in [0.1, 0.15) is 23.7 Å². The Kier molecular flexibility index (Phi) is 5.05. The number of rotatable bonds is 5. The quantitative estimate of drug-likeness (QED) is 0.653. The molecule has 3 aromatic rings. The largest absolute Gasteiger partial charge is 0.378 e. The first-order chi connectivity index (χ1) is 13.5. The Balaban J connectivity index is 1.48.